The maximum atomic E-state index is 12.6. The van der Waals surface area contributed by atoms with Gasteiger partial charge < -0.3 is 24.6 Å². The smallest absolute Gasteiger partial charge is 0.236 e. The van der Waals surface area contributed by atoms with Gasteiger partial charge in [0.1, 0.15) is 17.6 Å². The Kier molecular flexibility index (Phi) is 7.40. The third-order valence-electron chi connectivity index (χ3n) is 6.69. The molecule has 1 aromatic carbocycles. The molecule has 0 bridgehead atoms. The summed E-state index contributed by atoms with van der Waals surface area (Å²) in [4.78, 5) is 23.6. The molecule has 1 aromatic rings. The van der Waals surface area contributed by atoms with Crippen LogP contribution >= 0.6 is 0 Å². The fourth-order valence-electron chi connectivity index (χ4n) is 4.87. The summed E-state index contributed by atoms with van der Waals surface area (Å²) in [6.45, 7) is 8.54. The molecule has 2 saturated heterocycles. The second kappa shape index (κ2) is 10.4. The lowest BCUT2D eigenvalue weighted by Crippen LogP contribution is -2.54. The van der Waals surface area contributed by atoms with Crippen LogP contribution in [-0.4, -0.2) is 92.6 Å². The van der Waals surface area contributed by atoms with E-state index in [1.165, 1.54) is 12.0 Å². The number of amides is 1. The minimum atomic E-state index is 0.212. The molecule has 0 radical (unpaired) electrons. The van der Waals surface area contributed by atoms with Crippen molar-refractivity contribution in [3.05, 3.63) is 23.3 Å². The summed E-state index contributed by atoms with van der Waals surface area (Å²) in [7, 11) is 3.53. The van der Waals surface area contributed by atoms with E-state index in [0.717, 1.165) is 81.6 Å². The monoisotopic (exact) mass is 443 g/mol. The van der Waals surface area contributed by atoms with Crippen molar-refractivity contribution in [2.24, 2.45) is 4.99 Å². The van der Waals surface area contributed by atoms with Gasteiger partial charge in [-0.3, -0.25) is 14.7 Å². The van der Waals surface area contributed by atoms with E-state index in [2.05, 4.69) is 39.2 Å². The molecule has 8 heteroatoms. The first-order valence-electron chi connectivity index (χ1n) is 11.9. The van der Waals surface area contributed by atoms with E-state index >= 15 is 0 Å². The van der Waals surface area contributed by atoms with Crippen molar-refractivity contribution in [3.63, 3.8) is 0 Å². The van der Waals surface area contributed by atoms with Gasteiger partial charge in [-0.1, -0.05) is 0 Å². The zero-order chi connectivity index (χ0) is 22.5. The van der Waals surface area contributed by atoms with Crippen LogP contribution in [0.25, 0.3) is 0 Å². The van der Waals surface area contributed by atoms with Crippen LogP contribution in [0.4, 0.5) is 0 Å². The standard InChI is InChI=1S/C24H37N5O3/c1-18-13-19-14-21(31-3)20(15-22(19)32-18)16-26-24(25-2)29-11-9-27(10-12-29)17-23(30)28-7-5-4-6-8-28/h14-15,18H,4-13,16-17H2,1-3H3,(H,25,26). The van der Waals surface area contributed by atoms with Crippen LogP contribution in [0.15, 0.2) is 17.1 Å². The lowest BCUT2D eigenvalue weighted by molar-refractivity contribution is -0.133. The molecule has 2 fully saturated rings. The summed E-state index contributed by atoms with van der Waals surface area (Å²) in [5, 5.41) is 3.49. The van der Waals surface area contributed by atoms with Gasteiger partial charge >= 0.3 is 0 Å². The van der Waals surface area contributed by atoms with Crippen LogP contribution in [0.5, 0.6) is 11.5 Å². The van der Waals surface area contributed by atoms with Crippen molar-refractivity contribution < 1.29 is 14.3 Å². The van der Waals surface area contributed by atoms with Crippen molar-refractivity contribution in [1.29, 1.82) is 0 Å². The average Bonchev–Trinajstić information content (AvgIpc) is 3.19. The molecule has 176 valence electrons. The number of nitrogens with one attached hydrogen (secondary N) is 1. The Morgan fingerprint density at radius 2 is 1.88 bits per heavy atom. The molecule has 3 aliphatic rings. The molecule has 1 atom stereocenters. The Balaban J connectivity index is 1.28. The molecular formula is C24H37N5O3. The first kappa shape index (κ1) is 22.7. The van der Waals surface area contributed by atoms with E-state index < -0.39 is 0 Å². The topological polar surface area (TPSA) is 69.6 Å². The quantitative estimate of drug-likeness (QED) is 0.552. The molecule has 1 unspecified atom stereocenters. The number of nitrogens with zero attached hydrogens (tertiary/aromatic N) is 4. The van der Waals surface area contributed by atoms with Crippen LogP contribution in [-0.2, 0) is 17.8 Å². The zero-order valence-electron chi connectivity index (χ0n) is 19.7. The molecule has 0 aromatic heterocycles. The summed E-state index contributed by atoms with van der Waals surface area (Å²) < 4.78 is 11.5. The number of aliphatic imine (C=N–C) groups is 1. The molecule has 0 spiro atoms. The van der Waals surface area contributed by atoms with Gasteiger partial charge in [-0.25, -0.2) is 0 Å². The molecule has 0 aliphatic carbocycles. The van der Waals surface area contributed by atoms with E-state index in [4.69, 9.17) is 9.47 Å². The van der Waals surface area contributed by atoms with Crippen molar-refractivity contribution in [3.8, 4) is 11.5 Å². The number of hydrogen-bond donors (Lipinski definition) is 1. The molecule has 8 nitrogen and oxygen atoms in total. The van der Waals surface area contributed by atoms with Gasteiger partial charge in [0.15, 0.2) is 5.96 Å². The highest BCUT2D eigenvalue weighted by Gasteiger charge is 2.25. The Morgan fingerprint density at radius 3 is 2.56 bits per heavy atom. The summed E-state index contributed by atoms with van der Waals surface area (Å²) in [6, 6.07) is 4.18. The lowest BCUT2D eigenvalue weighted by Gasteiger charge is -2.37. The number of guanidine groups is 1. The van der Waals surface area contributed by atoms with Gasteiger partial charge in [0.2, 0.25) is 5.91 Å². The predicted molar refractivity (Wildman–Crippen MR) is 125 cm³/mol. The van der Waals surface area contributed by atoms with E-state index in [-0.39, 0.29) is 12.0 Å². The van der Waals surface area contributed by atoms with Crippen LogP contribution in [0.1, 0.15) is 37.3 Å². The molecule has 32 heavy (non-hydrogen) atoms. The number of methoxy groups -OCH3 is 1. The highest BCUT2D eigenvalue weighted by Crippen LogP contribution is 2.34. The third kappa shape index (κ3) is 5.28. The predicted octanol–water partition coefficient (Wildman–Crippen LogP) is 1.72. The van der Waals surface area contributed by atoms with E-state index in [9.17, 15) is 4.79 Å². The number of piperazine rings is 1. The van der Waals surface area contributed by atoms with Crippen molar-refractivity contribution >= 4 is 11.9 Å². The summed E-state index contributed by atoms with van der Waals surface area (Å²) in [5.41, 5.74) is 2.27. The highest BCUT2D eigenvalue weighted by molar-refractivity contribution is 5.80. The number of likely N-dealkylation sites (tertiary alicyclic amines) is 1. The molecular weight excluding hydrogens is 406 g/mol. The number of rotatable bonds is 5. The Hall–Kier alpha value is -2.48. The first-order valence-corrected chi connectivity index (χ1v) is 11.9. The van der Waals surface area contributed by atoms with Crippen LogP contribution in [0, 0.1) is 0 Å². The van der Waals surface area contributed by atoms with Crippen LogP contribution in [0.3, 0.4) is 0 Å². The third-order valence-corrected chi connectivity index (χ3v) is 6.69. The summed E-state index contributed by atoms with van der Waals surface area (Å²) in [6.07, 6.45) is 4.66. The number of fused-ring (bicyclic) bond motifs is 1. The maximum Gasteiger partial charge on any atom is 0.236 e. The molecule has 1 N–H and O–H groups in total. The second-order valence-electron chi connectivity index (χ2n) is 9.01. The Morgan fingerprint density at radius 1 is 1.12 bits per heavy atom. The number of ether oxygens (including phenoxy) is 2. The minimum absolute atomic E-state index is 0.212. The fraction of sp³-hybridized carbons (Fsp3) is 0.667. The average molecular weight is 444 g/mol. The van der Waals surface area contributed by atoms with Crippen molar-refractivity contribution in [2.45, 2.75) is 45.3 Å². The van der Waals surface area contributed by atoms with Crippen LogP contribution in [0.2, 0.25) is 0 Å². The van der Waals surface area contributed by atoms with E-state index in [1.54, 1.807) is 7.11 Å². The van der Waals surface area contributed by atoms with E-state index in [0.29, 0.717) is 13.1 Å². The highest BCUT2D eigenvalue weighted by atomic mass is 16.5. The molecule has 0 saturated carbocycles. The van der Waals surface area contributed by atoms with Gasteiger partial charge in [-0.05, 0) is 38.3 Å². The normalized spacial score (nSPS) is 21.8. The van der Waals surface area contributed by atoms with E-state index in [1.807, 2.05) is 11.9 Å². The van der Waals surface area contributed by atoms with Crippen molar-refractivity contribution in [2.75, 3.05) is 60.0 Å². The zero-order valence-corrected chi connectivity index (χ0v) is 19.7. The van der Waals surface area contributed by atoms with Gasteiger partial charge in [0.25, 0.3) is 0 Å². The maximum absolute atomic E-state index is 12.6. The molecule has 3 aliphatic heterocycles. The molecule has 4 rings (SSSR count). The largest absolute Gasteiger partial charge is 0.496 e. The second-order valence-corrected chi connectivity index (χ2v) is 9.01. The Labute approximate surface area is 191 Å². The first-order chi connectivity index (χ1) is 15.6. The number of carbonyl (C=O) groups excluding carboxylic acids is 1. The van der Waals surface area contributed by atoms with Gasteiger partial charge in [-0.15, -0.1) is 0 Å². The number of benzene rings is 1. The molecule has 1 amide bonds. The van der Waals surface area contributed by atoms with Gasteiger partial charge in [0.05, 0.1) is 13.7 Å². The molecule has 3 heterocycles. The summed E-state index contributed by atoms with van der Waals surface area (Å²) in [5.74, 6) is 2.99. The number of hydrogen-bond acceptors (Lipinski definition) is 5. The minimum Gasteiger partial charge on any atom is -0.496 e. The SMILES string of the molecule is CN=C(NCc1cc2c(cc1OC)CC(C)O2)N1CCN(CC(=O)N2CCCCC2)CC1. The van der Waals surface area contributed by atoms with Gasteiger partial charge in [0, 0.05) is 70.4 Å². The van der Waals surface area contributed by atoms with Crippen molar-refractivity contribution in [1.82, 2.24) is 20.0 Å². The number of carbonyl (C=O) groups is 1. The Bertz CT molecular complexity index is 829. The van der Waals surface area contributed by atoms with Gasteiger partial charge in [-0.2, -0.15) is 0 Å². The fourth-order valence-corrected chi connectivity index (χ4v) is 4.87. The lowest BCUT2D eigenvalue weighted by atomic mass is 10.1. The van der Waals surface area contributed by atoms with Crippen LogP contribution < -0.4 is 14.8 Å². The summed E-state index contributed by atoms with van der Waals surface area (Å²) >= 11 is 0. The number of piperidine rings is 1.